The first-order chi connectivity index (χ1) is 10.3. The highest BCUT2D eigenvalue weighted by molar-refractivity contribution is 6.33. The Morgan fingerprint density at radius 3 is 2.90 bits per heavy atom. The maximum Gasteiger partial charge on any atom is 0.227 e. The van der Waals surface area contributed by atoms with E-state index in [1.54, 1.807) is 0 Å². The van der Waals surface area contributed by atoms with Crippen LogP contribution in [-0.4, -0.2) is 23.2 Å². The molecule has 0 saturated heterocycles. The minimum absolute atomic E-state index is 0.550. The Kier molecular flexibility index (Phi) is 4.56. The van der Waals surface area contributed by atoms with Crippen molar-refractivity contribution in [1.82, 2.24) is 15.5 Å². The van der Waals surface area contributed by atoms with Gasteiger partial charge in [-0.05, 0) is 37.9 Å². The van der Waals surface area contributed by atoms with Crippen molar-refractivity contribution in [3.05, 3.63) is 35.2 Å². The van der Waals surface area contributed by atoms with E-state index in [9.17, 15) is 0 Å². The van der Waals surface area contributed by atoms with E-state index in [1.165, 1.54) is 25.7 Å². The maximum absolute atomic E-state index is 6.17. The quantitative estimate of drug-likeness (QED) is 0.935. The Balaban J connectivity index is 1.75. The average Bonchev–Trinajstić information content (AvgIpc) is 2.96. The van der Waals surface area contributed by atoms with Crippen molar-refractivity contribution in [3.8, 4) is 11.4 Å². The highest BCUT2D eigenvalue weighted by Gasteiger charge is 2.26. The van der Waals surface area contributed by atoms with Crippen molar-refractivity contribution in [3.63, 3.8) is 0 Å². The lowest BCUT2D eigenvalue weighted by atomic mass is 9.82. The molecule has 2 atom stereocenters. The molecule has 2 aromatic rings. The summed E-state index contributed by atoms with van der Waals surface area (Å²) in [5.74, 6) is 1.85. The lowest BCUT2D eigenvalue weighted by Crippen LogP contribution is -2.37. The first-order valence-electron chi connectivity index (χ1n) is 7.52. The zero-order chi connectivity index (χ0) is 14.7. The second kappa shape index (κ2) is 6.58. The lowest BCUT2D eigenvalue weighted by molar-refractivity contribution is 0.248. The van der Waals surface area contributed by atoms with Gasteiger partial charge in [-0.2, -0.15) is 4.98 Å². The third-order valence-corrected chi connectivity index (χ3v) is 4.63. The Morgan fingerprint density at radius 2 is 2.10 bits per heavy atom. The van der Waals surface area contributed by atoms with Gasteiger partial charge < -0.3 is 9.84 Å². The van der Waals surface area contributed by atoms with E-state index in [1.807, 2.05) is 31.3 Å². The van der Waals surface area contributed by atoms with Crippen LogP contribution in [-0.2, 0) is 6.42 Å². The SMILES string of the molecule is CNC1CCCCC1Cc1nc(-c2ccccc2Cl)no1. The summed E-state index contributed by atoms with van der Waals surface area (Å²) in [6, 6.07) is 8.12. The number of halogens is 1. The van der Waals surface area contributed by atoms with Gasteiger partial charge in [-0.15, -0.1) is 0 Å². The number of nitrogens with one attached hydrogen (secondary N) is 1. The number of hydrogen-bond acceptors (Lipinski definition) is 4. The molecule has 4 nitrogen and oxygen atoms in total. The van der Waals surface area contributed by atoms with Gasteiger partial charge in [0.25, 0.3) is 0 Å². The Labute approximate surface area is 129 Å². The highest BCUT2D eigenvalue weighted by atomic mass is 35.5. The summed E-state index contributed by atoms with van der Waals surface area (Å²) >= 11 is 6.17. The van der Waals surface area contributed by atoms with Crippen LogP contribution in [0.15, 0.2) is 28.8 Å². The van der Waals surface area contributed by atoms with Crippen LogP contribution in [0.4, 0.5) is 0 Å². The zero-order valence-corrected chi connectivity index (χ0v) is 12.9. The van der Waals surface area contributed by atoms with Gasteiger partial charge in [-0.1, -0.05) is 41.7 Å². The molecule has 3 rings (SSSR count). The average molecular weight is 306 g/mol. The predicted octanol–water partition coefficient (Wildman–Crippen LogP) is 3.71. The number of nitrogens with zero attached hydrogens (tertiary/aromatic N) is 2. The van der Waals surface area contributed by atoms with E-state index in [0.29, 0.717) is 28.7 Å². The standard InChI is InChI=1S/C16H20ClN3O/c1-18-14-9-5-2-6-11(14)10-15-19-16(20-21-15)12-7-3-4-8-13(12)17/h3-4,7-8,11,14,18H,2,5-6,9-10H2,1H3. The molecule has 5 heteroatoms. The normalized spacial score (nSPS) is 22.4. The summed E-state index contributed by atoms with van der Waals surface area (Å²) in [5, 5.41) is 8.13. The molecular weight excluding hydrogens is 286 g/mol. The van der Waals surface area contributed by atoms with Gasteiger partial charge in [-0.3, -0.25) is 0 Å². The summed E-state index contributed by atoms with van der Waals surface area (Å²) in [7, 11) is 2.03. The molecule has 0 radical (unpaired) electrons. The van der Waals surface area contributed by atoms with Crippen LogP contribution < -0.4 is 5.32 Å². The van der Waals surface area contributed by atoms with Crippen molar-refractivity contribution in [2.24, 2.45) is 5.92 Å². The number of benzene rings is 1. The molecule has 1 fully saturated rings. The Hall–Kier alpha value is -1.39. The molecule has 1 saturated carbocycles. The molecule has 21 heavy (non-hydrogen) atoms. The van der Waals surface area contributed by atoms with E-state index < -0.39 is 0 Å². The van der Waals surface area contributed by atoms with Crippen LogP contribution >= 0.6 is 11.6 Å². The summed E-state index contributed by atoms with van der Waals surface area (Å²) < 4.78 is 5.42. The fourth-order valence-electron chi connectivity index (χ4n) is 3.15. The third kappa shape index (κ3) is 3.27. The van der Waals surface area contributed by atoms with Gasteiger partial charge in [-0.25, -0.2) is 0 Å². The smallest absolute Gasteiger partial charge is 0.227 e. The van der Waals surface area contributed by atoms with Crippen LogP contribution in [0.2, 0.25) is 5.02 Å². The molecule has 1 aliphatic carbocycles. The topological polar surface area (TPSA) is 51.0 Å². The summed E-state index contributed by atoms with van der Waals surface area (Å²) in [4.78, 5) is 4.51. The number of aromatic nitrogens is 2. The van der Waals surface area contributed by atoms with E-state index in [-0.39, 0.29) is 0 Å². The maximum atomic E-state index is 6.17. The van der Waals surface area contributed by atoms with Crippen molar-refractivity contribution < 1.29 is 4.52 Å². The first-order valence-corrected chi connectivity index (χ1v) is 7.90. The van der Waals surface area contributed by atoms with Gasteiger partial charge in [0.1, 0.15) is 0 Å². The van der Waals surface area contributed by atoms with Crippen molar-refractivity contribution in [2.45, 2.75) is 38.1 Å². The zero-order valence-electron chi connectivity index (χ0n) is 12.2. The largest absolute Gasteiger partial charge is 0.339 e. The lowest BCUT2D eigenvalue weighted by Gasteiger charge is -2.30. The second-order valence-electron chi connectivity index (χ2n) is 5.64. The number of rotatable bonds is 4. The van der Waals surface area contributed by atoms with Crippen LogP contribution in [0.1, 0.15) is 31.6 Å². The molecule has 0 spiro atoms. The van der Waals surface area contributed by atoms with E-state index in [4.69, 9.17) is 16.1 Å². The Morgan fingerprint density at radius 1 is 1.29 bits per heavy atom. The predicted molar refractivity (Wildman–Crippen MR) is 83.3 cm³/mol. The summed E-state index contributed by atoms with van der Waals surface area (Å²) in [5.41, 5.74) is 0.822. The highest BCUT2D eigenvalue weighted by Crippen LogP contribution is 2.29. The third-order valence-electron chi connectivity index (χ3n) is 4.30. The van der Waals surface area contributed by atoms with Crippen molar-refractivity contribution >= 4 is 11.6 Å². The molecule has 0 amide bonds. The van der Waals surface area contributed by atoms with Crippen LogP contribution in [0.25, 0.3) is 11.4 Å². The molecule has 0 aliphatic heterocycles. The van der Waals surface area contributed by atoms with Crippen LogP contribution in [0.5, 0.6) is 0 Å². The van der Waals surface area contributed by atoms with Gasteiger partial charge in [0.15, 0.2) is 0 Å². The minimum atomic E-state index is 0.550. The minimum Gasteiger partial charge on any atom is -0.339 e. The van der Waals surface area contributed by atoms with E-state index in [0.717, 1.165) is 12.0 Å². The Bertz CT molecular complexity index is 599. The molecule has 1 N–H and O–H groups in total. The van der Waals surface area contributed by atoms with E-state index in [2.05, 4.69) is 15.5 Å². The van der Waals surface area contributed by atoms with Gasteiger partial charge in [0.2, 0.25) is 11.7 Å². The molecule has 0 bridgehead atoms. The molecule has 1 heterocycles. The second-order valence-corrected chi connectivity index (χ2v) is 6.04. The molecular formula is C16H20ClN3O. The summed E-state index contributed by atoms with van der Waals surface area (Å²) in [6.07, 6.45) is 5.87. The van der Waals surface area contributed by atoms with Gasteiger partial charge in [0, 0.05) is 18.0 Å². The molecule has 1 aromatic carbocycles. The molecule has 112 valence electrons. The monoisotopic (exact) mass is 305 g/mol. The molecule has 2 unspecified atom stereocenters. The van der Waals surface area contributed by atoms with E-state index >= 15 is 0 Å². The van der Waals surface area contributed by atoms with Crippen molar-refractivity contribution in [2.75, 3.05) is 7.05 Å². The van der Waals surface area contributed by atoms with Crippen molar-refractivity contribution in [1.29, 1.82) is 0 Å². The molecule has 1 aromatic heterocycles. The first kappa shape index (κ1) is 14.5. The summed E-state index contributed by atoms with van der Waals surface area (Å²) in [6.45, 7) is 0. The van der Waals surface area contributed by atoms with Crippen LogP contribution in [0, 0.1) is 5.92 Å². The van der Waals surface area contributed by atoms with Gasteiger partial charge in [0.05, 0.1) is 5.02 Å². The fourth-order valence-corrected chi connectivity index (χ4v) is 3.37. The van der Waals surface area contributed by atoms with Crippen LogP contribution in [0.3, 0.4) is 0 Å². The fraction of sp³-hybridized carbons (Fsp3) is 0.500. The van der Waals surface area contributed by atoms with Gasteiger partial charge >= 0.3 is 0 Å². The number of hydrogen-bond donors (Lipinski definition) is 1. The molecule has 1 aliphatic rings.